The molecule has 2 heterocycles. The Kier molecular flexibility index (Phi) is 4.26. The standard InChI is InChI=1S/C10H16N4OS/c15-9(8-14-4-1-11-2-5-14)13-7-10-12-3-6-16-10/h3,6,11H,1-2,4-5,7-8H2,(H,13,15). The van der Waals surface area contributed by atoms with E-state index >= 15 is 0 Å². The van der Waals surface area contributed by atoms with E-state index in [9.17, 15) is 4.79 Å². The summed E-state index contributed by atoms with van der Waals surface area (Å²) in [6, 6.07) is 0. The Morgan fingerprint density at radius 1 is 1.56 bits per heavy atom. The largest absolute Gasteiger partial charge is 0.348 e. The number of hydrogen-bond donors (Lipinski definition) is 2. The second-order valence-electron chi connectivity index (χ2n) is 3.73. The predicted octanol–water partition coefficient (Wildman–Crippen LogP) is -0.335. The first-order valence-electron chi connectivity index (χ1n) is 5.43. The molecule has 0 radical (unpaired) electrons. The van der Waals surface area contributed by atoms with Crippen molar-refractivity contribution in [3.63, 3.8) is 0 Å². The van der Waals surface area contributed by atoms with Crippen LogP contribution in [0.3, 0.4) is 0 Å². The van der Waals surface area contributed by atoms with Crippen LogP contribution in [0.1, 0.15) is 5.01 Å². The molecule has 0 saturated carbocycles. The minimum absolute atomic E-state index is 0.0806. The Hall–Kier alpha value is -0.980. The SMILES string of the molecule is O=C(CN1CCNCC1)NCc1nccs1. The number of nitrogens with zero attached hydrogens (tertiary/aromatic N) is 2. The molecule has 0 aromatic carbocycles. The molecule has 0 spiro atoms. The van der Waals surface area contributed by atoms with Gasteiger partial charge in [0.05, 0.1) is 13.1 Å². The third kappa shape index (κ3) is 3.55. The molecular formula is C10H16N4OS. The van der Waals surface area contributed by atoms with Crippen LogP contribution in [0.4, 0.5) is 0 Å². The van der Waals surface area contributed by atoms with Gasteiger partial charge in [0.1, 0.15) is 5.01 Å². The normalized spacial score (nSPS) is 17.2. The Bertz CT molecular complexity index is 322. The summed E-state index contributed by atoms with van der Waals surface area (Å²) in [5.74, 6) is 0.0806. The van der Waals surface area contributed by atoms with Gasteiger partial charge in [0, 0.05) is 37.8 Å². The van der Waals surface area contributed by atoms with Crippen molar-refractivity contribution >= 4 is 17.2 Å². The fourth-order valence-electron chi connectivity index (χ4n) is 1.64. The Balaban J connectivity index is 1.67. The summed E-state index contributed by atoms with van der Waals surface area (Å²) in [6.45, 7) is 4.88. The molecule has 1 aliphatic rings. The van der Waals surface area contributed by atoms with Gasteiger partial charge in [-0.3, -0.25) is 9.69 Å². The molecule has 0 atom stereocenters. The third-order valence-electron chi connectivity index (χ3n) is 2.50. The van der Waals surface area contributed by atoms with E-state index in [4.69, 9.17) is 0 Å². The molecule has 1 amide bonds. The minimum atomic E-state index is 0.0806. The van der Waals surface area contributed by atoms with Crippen LogP contribution in [0.5, 0.6) is 0 Å². The van der Waals surface area contributed by atoms with Crippen LogP contribution < -0.4 is 10.6 Å². The maximum Gasteiger partial charge on any atom is 0.234 e. The molecule has 1 aliphatic heterocycles. The van der Waals surface area contributed by atoms with Crippen LogP contribution >= 0.6 is 11.3 Å². The minimum Gasteiger partial charge on any atom is -0.348 e. The van der Waals surface area contributed by atoms with Gasteiger partial charge >= 0.3 is 0 Å². The quantitative estimate of drug-likeness (QED) is 0.756. The molecule has 2 rings (SSSR count). The average Bonchev–Trinajstić information content (AvgIpc) is 2.81. The highest BCUT2D eigenvalue weighted by Gasteiger charge is 2.13. The molecule has 1 saturated heterocycles. The van der Waals surface area contributed by atoms with Crippen molar-refractivity contribution in [2.24, 2.45) is 0 Å². The van der Waals surface area contributed by atoms with Crippen LogP contribution in [0, 0.1) is 0 Å². The maximum absolute atomic E-state index is 11.6. The smallest absolute Gasteiger partial charge is 0.234 e. The highest BCUT2D eigenvalue weighted by Crippen LogP contribution is 2.02. The highest BCUT2D eigenvalue weighted by molar-refractivity contribution is 7.09. The maximum atomic E-state index is 11.6. The number of nitrogens with one attached hydrogen (secondary N) is 2. The van der Waals surface area contributed by atoms with Gasteiger partial charge in [-0.15, -0.1) is 11.3 Å². The van der Waals surface area contributed by atoms with Crippen LogP contribution in [0.15, 0.2) is 11.6 Å². The number of carbonyl (C=O) groups excluding carboxylic acids is 1. The van der Waals surface area contributed by atoms with Crippen LogP contribution in [-0.2, 0) is 11.3 Å². The van der Waals surface area contributed by atoms with Crippen molar-refractivity contribution in [1.29, 1.82) is 0 Å². The van der Waals surface area contributed by atoms with Crippen LogP contribution in [0.25, 0.3) is 0 Å². The summed E-state index contributed by atoms with van der Waals surface area (Å²) in [4.78, 5) is 17.9. The molecule has 88 valence electrons. The monoisotopic (exact) mass is 240 g/mol. The lowest BCUT2D eigenvalue weighted by atomic mass is 10.3. The number of thiazole rings is 1. The zero-order valence-corrected chi connectivity index (χ0v) is 9.92. The van der Waals surface area contributed by atoms with Crippen LogP contribution in [0.2, 0.25) is 0 Å². The number of amides is 1. The third-order valence-corrected chi connectivity index (χ3v) is 3.28. The number of aromatic nitrogens is 1. The molecule has 16 heavy (non-hydrogen) atoms. The second kappa shape index (κ2) is 5.93. The molecule has 1 fully saturated rings. The van der Waals surface area contributed by atoms with E-state index in [0.717, 1.165) is 31.2 Å². The van der Waals surface area contributed by atoms with Gasteiger partial charge in [-0.25, -0.2) is 4.98 Å². The van der Waals surface area contributed by atoms with E-state index in [0.29, 0.717) is 13.1 Å². The Labute approximate surface area is 98.9 Å². The lowest BCUT2D eigenvalue weighted by Crippen LogP contribution is -2.47. The first kappa shape index (κ1) is 11.5. The van der Waals surface area contributed by atoms with Gasteiger partial charge in [0.15, 0.2) is 0 Å². The van der Waals surface area contributed by atoms with E-state index in [-0.39, 0.29) is 5.91 Å². The summed E-state index contributed by atoms with van der Waals surface area (Å²) in [5, 5.41) is 9.01. The predicted molar refractivity (Wildman–Crippen MR) is 63.3 cm³/mol. The van der Waals surface area contributed by atoms with Gasteiger partial charge in [-0.2, -0.15) is 0 Å². The lowest BCUT2D eigenvalue weighted by Gasteiger charge is -2.26. The number of hydrogen-bond acceptors (Lipinski definition) is 5. The molecule has 0 aliphatic carbocycles. The van der Waals surface area contributed by atoms with Crippen molar-refractivity contribution in [3.05, 3.63) is 16.6 Å². The van der Waals surface area contributed by atoms with E-state index in [1.54, 1.807) is 17.5 Å². The van der Waals surface area contributed by atoms with Gasteiger partial charge in [-0.1, -0.05) is 0 Å². The van der Waals surface area contributed by atoms with Crippen molar-refractivity contribution in [2.45, 2.75) is 6.54 Å². The van der Waals surface area contributed by atoms with Crippen molar-refractivity contribution in [3.8, 4) is 0 Å². The molecule has 5 nitrogen and oxygen atoms in total. The Morgan fingerprint density at radius 2 is 2.38 bits per heavy atom. The van der Waals surface area contributed by atoms with Gasteiger partial charge in [-0.05, 0) is 0 Å². The van der Waals surface area contributed by atoms with Crippen molar-refractivity contribution < 1.29 is 4.79 Å². The fourth-order valence-corrected chi connectivity index (χ4v) is 2.20. The molecule has 1 aromatic rings. The second-order valence-corrected chi connectivity index (χ2v) is 4.71. The van der Waals surface area contributed by atoms with Crippen molar-refractivity contribution in [1.82, 2.24) is 20.5 Å². The van der Waals surface area contributed by atoms with Crippen molar-refractivity contribution in [2.75, 3.05) is 32.7 Å². The van der Waals surface area contributed by atoms with E-state index in [2.05, 4.69) is 20.5 Å². The zero-order valence-electron chi connectivity index (χ0n) is 9.11. The number of rotatable bonds is 4. The lowest BCUT2D eigenvalue weighted by molar-refractivity contribution is -0.122. The molecular weight excluding hydrogens is 224 g/mol. The fraction of sp³-hybridized carbons (Fsp3) is 0.600. The first-order valence-corrected chi connectivity index (χ1v) is 6.31. The van der Waals surface area contributed by atoms with E-state index in [1.807, 2.05) is 5.38 Å². The molecule has 2 N–H and O–H groups in total. The van der Waals surface area contributed by atoms with Crippen LogP contribution in [-0.4, -0.2) is 48.5 Å². The molecule has 0 unspecified atom stereocenters. The summed E-state index contributed by atoms with van der Waals surface area (Å²) >= 11 is 1.56. The van der Waals surface area contributed by atoms with E-state index in [1.165, 1.54) is 0 Å². The average molecular weight is 240 g/mol. The first-order chi connectivity index (χ1) is 7.84. The van der Waals surface area contributed by atoms with Gasteiger partial charge in [0.25, 0.3) is 0 Å². The van der Waals surface area contributed by atoms with Gasteiger partial charge in [0.2, 0.25) is 5.91 Å². The Morgan fingerprint density at radius 3 is 3.06 bits per heavy atom. The van der Waals surface area contributed by atoms with E-state index < -0.39 is 0 Å². The number of carbonyl (C=O) groups is 1. The zero-order chi connectivity index (χ0) is 11.2. The summed E-state index contributed by atoms with van der Waals surface area (Å²) in [7, 11) is 0. The van der Waals surface area contributed by atoms with Gasteiger partial charge < -0.3 is 10.6 Å². The number of piperazine rings is 1. The highest BCUT2D eigenvalue weighted by atomic mass is 32.1. The molecule has 1 aromatic heterocycles. The molecule has 0 bridgehead atoms. The summed E-state index contributed by atoms with van der Waals surface area (Å²) < 4.78 is 0. The molecule has 6 heteroatoms. The summed E-state index contributed by atoms with van der Waals surface area (Å²) in [6.07, 6.45) is 1.75. The topological polar surface area (TPSA) is 57.3 Å². The summed E-state index contributed by atoms with van der Waals surface area (Å²) in [5.41, 5.74) is 0.